The largest absolute Gasteiger partial charge is 0.247 e. The molecule has 0 aromatic rings. The van der Waals surface area contributed by atoms with Crippen molar-refractivity contribution in [3.8, 4) is 0 Å². The molecule has 1 heteroatoms. The van der Waals surface area contributed by atoms with Crippen LogP contribution >= 0.6 is 0 Å². The van der Waals surface area contributed by atoms with Gasteiger partial charge in [0.1, 0.15) is 6.17 Å². The molecule has 0 heterocycles. The van der Waals surface area contributed by atoms with Crippen LogP contribution in [0.15, 0.2) is 0 Å². The van der Waals surface area contributed by atoms with E-state index in [4.69, 9.17) is 0 Å². The van der Waals surface area contributed by atoms with Crippen LogP contribution in [0.3, 0.4) is 0 Å². The van der Waals surface area contributed by atoms with Gasteiger partial charge < -0.3 is 0 Å². The summed E-state index contributed by atoms with van der Waals surface area (Å²) in [6.07, 6.45) is 13.1. The van der Waals surface area contributed by atoms with E-state index in [0.29, 0.717) is 5.92 Å². The molecule has 1 saturated carbocycles. The average Bonchev–Trinajstić information content (AvgIpc) is 2.40. The van der Waals surface area contributed by atoms with Crippen molar-refractivity contribution in [1.29, 1.82) is 0 Å². The third-order valence-electron chi connectivity index (χ3n) is 5.14. The van der Waals surface area contributed by atoms with E-state index in [1.54, 1.807) is 0 Å². The van der Waals surface area contributed by atoms with E-state index < -0.39 is 6.17 Å². The predicted molar refractivity (Wildman–Crippen MR) is 83.2 cm³/mol. The van der Waals surface area contributed by atoms with E-state index in [1.807, 2.05) is 0 Å². The minimum Gasteiger partial charge on any atom is -0.247 e. The molecule has 2 atom stereocenters. The van der Waals surface area contributed by atoms with E-state index in [2.05, 4.69) is 20.8 Å². The van der Waals surface area contributed by atoms with Crippen molar-refractivity contribution in [1.82, 2.24) is 0 Å². The van der Waals surface area contributed by atoms with Gasteiger partial charge in [0.2, 0.25) is 0 Å². The molecule has 1 rings (SSSR count). The Labute approximate surface area is 120 Å². The number of hydrogen-bond donors (Lipinski definition) is 0. The molecule has 0 aromatic carbocycles. The van der Waals surface area contributed by atoms with Crippen molar-refractivity contribution < 1.29 is 4.39 Å². The molecule has 19 heavy (non-hydrogen) atoms. The van der Waals surface area contributed by atoms with Gasteiger partial charge >= 0.3 is 0 Å². The molecule has 0 radical (unpaired) electrons. The second-order valence-corrected chi connectivity index (χ2v) is 6.88. The summed E-state index contributed by atoms with van der Waals surface area (Å²) in [5.41, 5.74) is 0. The van der Waals surface area contributed by atoms with Gasteiger partial charge in [-0.25, -0.2) is 4.39 Å². The highest BCUT2D eigenvalue weighted by atomic mass is 19.1. The van der Waals surface area contributed by atoms with Crippen LogP contribution in [-0.2, 0) is 0 Å². The van der Waals surface area contributed by atoms with Gasteiger partial charge in [0.25, 0.3) is 0 Å². The van der Waals surface area contributed by atoms with Crippen molar-refractivity contribution in [3.05, 3.63) is 0 Å². The van der Waals surface area contributed by atoms with Crippen LogP contribution in [0, 0.1) is 17.8 Å². The first-order valence-corrected chi connectivity index (χ1v) is 8.81. The summed E-state index contributed by atoms with van der Waals surface area (Å²) in [4.78, 5) is 0. The molecule has 0 bridgehead atoms. The van der Waals surface area contributed by atoms with Crippen LogP contribution in [-0.4, -0.2) is 6.17 Å². The molecule has 0 aliphatic heterocycles. The molecular weight excluding hydrogens is 235 g/mol. The van der Waals surface area contributed by atoms with Gasteiger partial charge in [-0.3, -0.25) is 0 Å². The Balaban J connectivity index is 2.17. The first-order chi connectivity index (χ1) is 9.17. The minimum absolute atomic E-state index is 0.553. The summed E-state index contributed by atoms with van der Waals surface area (Å²) < 4.78 is 13.7. The van der Waals surface area contributed by atoms with Crippen LogP contribution in [0.5, 0.6) is 0 Å². The molecule has 1 aliphatic rings. The molecule has 2 unspecified atom stereocenters. The van der Waals surface area contributed by atoms with Gasteiger partial charge in [0.05, 0.1) is 0 Å². The minimum atomic E-state index is -0.553. The molecular formula is C18H35F. The SMILES string of the molecule is CCCCCC1CCC(C(C)CC(F)CCC)CC1. The third-order valence-corrected chi connectivity index (χ3v) is 5.14. The molecule has 114 valence electrons. The number of halogens is 1. The van der Waals surface area contributed by atoms with E-state index in [0.717, 1.165) is 31.1 Å². The standard InChI is InChI=1S/C18H35F/c1-4-6-7-9-16-10-12-17(13-11-16)15(3)14-18(19)8-5-2/h15-18H,4-14H2,1-3H3. The van der Waals surface area contributed by atoms with Crippen LogP contribution < -0.4 is 0 Å². The summed E-state index contributed by atoms with van der Waals surface area (Å²) in [5.74, 6) is 2.38. The van der Waals surface area contributed by atoms with Crippen molar-refractivity contribution in [2.24, 2.45) is 17.8 Å². The van der Waals surface area contributed by atoms with Gasteiger partial charge in [-0.2, -0.15) is 0 Å². The first-order valence-electron chi connectivity index (χ1n) is 8.81. The van der Waals surface area contributed by atoms with Crippen LogP contribution in [0.4, 0.5) is 4.39 Å². The average molecular weight is 270 g/mol. The molecule has 0 saturated heterocycles. The summed E-state index contributed by atoms with van der Waals surface area (Å²) in [7, 11) is 0. The Bertz CT molecular complexity index is 206. The Morgan fingerprint density at radius 3 is 2.26 bits per heavy atom. The van der Waals surface area contributed by atoms with Gasteiger partial charge in [0.15, 0.2) is 0 Å². The van der Waals surface area contributed by atoms with Gasteiger partial charge in [0, 0.05) is 0 Å². The monoisotopic (exact) mass is 270 g/mol. The molecule has 0 spiro atoms. The van der Waals surface area contributed by atoms with E-state index in [1.165, 1.54) is 51.4 Å². The van der Waals surface area contributed by atoms with Crippen LogP contribution in [0.1, 0.15) is 91.4 Å². The van der Waals surface area contributed by atoms with Gasteiger partial charge in [-0.15, -0.1) is 0 Å². The lowest BCUT2D eigenvalue weighted by atomic mass is 9.73. The first kappa shape index (κ1) is 17.0. The second-order valence-electron chi connectivity index (χ2n) is 6.88. The fourth-order valence-corrected chi connectivity index (χ4v) is 3.76. The Morgan fingerprint density at radius 2 is 1.68 bits per heavy atom. The van der Waals surface area contributed by atoms with E-state index in [-0.39, 0.29) is 0 Å². The van der Waals surface area contributed by atoms with Crippen molar-refractivity contribution in [2.75, 3.05) is 0 Å². The maximum Gasteiger partial charge on any atom is 0.100 e. The zero-order valence-electron chi connectivity index (χ0n) is 13.5. The lowest BCUT2D eigenvalue weighted by Crippen LogP contribution is -2.22. The normalized spacial score (nSPS) is 27.2. The maximum absolute atomic E-state index is 13.7. The Hall–Kier alpha value is -0.0700. The summed E-state index contributed by atoms with van der Waals surface area (Å²) in [6, 6.07) is 0. The van der Waals surface area contributed by atoms with Crippen LogP contribution in [0.25, 0.3) is 0 Å². The van der Waals surface area contributed by atoms with Crippen molar-refractivity contribution in [2.45, 2.75) is 97.6 Å². The predicted octanol–water partition coefficient (Wildman–Crippen LogP) is 6.54. The molecule has 0 nitrogen and oxygen atoms in total. The highest BCUT2D eigenvalue weighted by molar-refractivity contribution is 4.77. The number of alkyl halides is 1. The third kappa shape index (κ3) is 6.77. The van der Waals surface area contributed by atoms with E-state index >= 15 is 0 Å². The summed E-state index contributed by atoms with van der Waals surface area (Å²) >= 11 is 0. The quantitative estimate of drug-likeness (QED) is 0.417. The van der Waals surface area contributed by atoms with Crippen molar-refractivity contribution in [3.63, 3.8) is 0 Å². The lowest BCUT2D eigenvalue weighted by molar-refractivity contribution is 0.163. The molecule has 0 N–H and O–H groups in total. The number of rotatable bonds is 9. The lowest BCUT2D eigenvalue weighted by Gasteiger charge is -2.33. The van der Waals surface area contributed by atoms with Crippen molar-refractivity contribution >= 4 is 0 Å². The van der Waals surface area contributed by atoms with Gasteiger partial charge in [-0.05, 0) is 43.4 Å². The number of unbranched alkanes of at least 4 members (excludes halogenated alkanes) is 2. The second kappa shape index (κ2) is 9.77. The zero-order chi connectivity index (χ0) is 14.1. The smallest absolute Gasteiger partial charge is 0.100 e. The Kier molecular flexibility index (Phi) is 8.74. The molecule has 0 aromatic heterocycles. The molecule has 1 aliphatic carbocycles. The summed E-state index contributed by atoms with van der Waals surface area (Å²) in [5, 5.41) is 0. The maximum atomic E-state index is 13.7. The highest BCUT2D eigenvalue weighted by Crippen LogP contribution is 2.37. The topological polar surface area (TPSA) is 0 Å². The van der Waals surface area contributed by atoms with Gasteiger partial charge in [-0.1, -0.05) is 65.7 Å². The fourth-order valence-electron chi connectivity index (χ4n) is 3.76. The summed E-state index contributed by atoms with van der Waals surface area (Å²) in [6.45, 7) is 6.64. The van der Waals surface area contributed by atoms with E-state index in [9.17, 15) is 4.39 Å². The molecule has 0 amide bonds. The Morgan fingerprint density at radius 1 is 1.00 bits per heavy atom. The fraction of sp³-hybridized carbons (Fsp3) is 1.00. The molecule has 1 fully saturated rings. The number of hydrogen-bond acceptors (Lipinski definition) is 0. The zero-order valence-corrected chi connectivity index (χ0v) is 13.5. The highest BCUT2D eigenvalue weighted by Gasteiger charge is 2.26. The van der Waals surface area contributed by atoms with Crippen LogP contribution in [0.2, 0.25) is 0 Å².